The highest BCUT2D eigenvalue weighted by Crippen LogP contribution is 1.87. The van der Waals surface area contributed by atoms with E-state index in [2.05, 4.69) is 26.1 Å². The topological polar surface area (TPSA) is 16.6 Å². The summed E-state index contributed by atoms with van der Waals surface area (Å²) in [5.41, 5.74) is 0. The summed E-state index contributed by atoms with van der Waals surface area (Å²) in [6, 6.07) is 0.875. The van der Waals surface area contributed by atoms with Crippen molar-refractivity contribution in [3.63, 3.8) is 0 Å². The Morgan fingerprint density at radius 3 is 1.75 bits per heavy atom. The highest BCUT2D eigenvalue weighted by atomic mass is 14.9. The summed E-state index contributed by atoms with van der Waals surface area (Å²) >= 11 is 0. The van der Waals surface area contributed by atoms with E-state index < -0.39 is 0 Å². The van der Waals surface area contributed by atoms with Gasteiger partial charge in [-0.3, -0.25) is 0 Å². The Morgan fingerprint density at radius 1 is 1.12 bits per heavy atom. The van der Waals surface area contributed by atoms with Gasteiger partial charge in [-0.25, -0.2) is 0 Å². The van der Waals surface area contributed by atoms with Gasteiger partial charge in [0.1, 0.15) is 0 Å². The van der Waals surface area contributed by atoms with Crippen LogP contribution < -0.4 is 5.32 Å². The van der Waals surface area contributed by atoms with E-state index in [4.69, 9.17) is 0 Å². The molecule has 2 N–H and O–H groups in total. The lowest BCUT2D eigenvalue weighted by Gasteiger charge is -2.07. The van der Waals surface area contributed by atoms with Gasteiger partial charge in [-0.15, -0.1) is 0 Å². The van der Waals surface area contributed by atoms with Gasteiger partial charge in [0.15, 0.2) is 0 Å². The first kappa shape index (κ1) is 7.96. The summed E-state index contributed by atoms with van der Waals surface area (Å²) in [7, 11) is 0. The number of quaternary nitrogens is 1. The van der Waals surface area contributed by atoms with Gasteiger partial charge in [-0.2, -0.15) is 0 Å². The third kappa shape index (κ3) is 3.03. The van der Waals surface area contributed by atoms with Crippen molar-refractivity contribution in [2.24, 2.45) is 0 Å². The van der Waals surface area contributed by atoms with Crippen molar-refractivity contribution in [1.82, 2.24) is 0 Å². The van der Waals surface area contributed by atoms with Crippen LogP contribution in [0.5, 0.6) is 0 Å². The summed E-state index contributed by atoms with van der Waals surface area (Å²) in [4.78, 5) is 0. The second-order valence-electron chi connectivity index (χ2n) is 2.22. The van der Waals surface area contributed by atoms with E-state index in [0.717, 1.165) is 6.04 Å². The minimum atomic E-state index is 0.875. The first-order valence-corrected chi connectivity index (χ1v) is 3.68. The molecule has 0 heterocycles. The monoisotopic (exact) mass is 116 g/mol. The van der Waals surface area contributed by atoms with E-state index >= 15 is 0 Å². The maximum Gasteiger partial charge on any atom is 0.0853 e. The SMILES string of the molecule is CC[NH2+]C(CC)CC. The maximum absolute atomic E-state index is 2.40. The Hall–Kier alpha value is -0.0400. The Morgan fingerprint density at radius 2 is 1.62 bits per heavy atom. The van der Waals surface area contributed by atoms with Crippen LogP contribution in [0.1, 0.15) is 33.6 Å². The Bertz CT molecular complexity index is 39.7. The van der Waals surface area contributed by atoms with Gasteiger partial charge in [0.25, 0.3) is 0 Å². The standard InChI is InChI=1S/C7H17N/c1-4-7(5-2)8-6-3/h7-8H,4-6H2,1-3H3/p+1. The van der Waals surface area contributed by atoms with Crippen molar-refractivity contribution in [3.8, 4) is 0 Å². The van der Waals surface area contributed by atoms with Crippen molar-refractivity contribution in [2.45, 2.75) is 39.7 Å². The highest BCUT2D eigenvalue weighted by molar-refractivity contribution is 4.43. The van der Waals surface area contributed by atoms with Crippen LogP contribution in [-0.2, 0) is 0 Å². The third-order valence-electron chi connectivity index (χ3n) is 1.62. The molecule has 0 radical (unpaired) electrons. The fraction of sp³-hybridized carbons (Fsp3) is 1.00. The summed E-state index contributed by atoms with van der Waals surface area (Å²) in [5, 5.41) is 2.40. The van der Waals surface area contributed by atoms with Gasteiger partial charge < -0.3 is 5.32 Å². The molecule has 0 saturated heterocycles. The zero-order valence-corrected chi connectivity index (χ0v) is 6.28. The largest absolute Gasteiger partial charge is 0.344 e. The average Bonchev–Trinajstić information content (AvgIpc) is 1.83. The fourth-order valence-corrected chi connectivity index (χ4v) is 0.955. The number of hydrogen-bond donors (Lipinski definition) is 1. The molecule has 0 aromatic rings. The van der Waals surface area contributed by atoms with Crippen LogP contribution in [0.15, 0.2) is 0 Å². The molecule has 0 fully saturated rings. The molecule has 0 atom stereocenters. The molecule has 0 saturated carbocycles. The molecule has 0 amide bonds. The first-order chi connectivity index (χ1) is 3.85. The molecule has 0 bridgehead atoms. The third-order valence-corrected chi connectivity index (χ3v) is 1.62. The Kier molecular flexibility index (Phi) is 5.08. The molecule has 0 spiro atoms. The van der Waals surface area contributed by atoms with Crippen LogP contribution in [0.25, 0.3) is 0 Å². The normalized spacial score (nSPS) is 10.5. The second-order valence-corrected chi connectivity index (χ2v) is 2.22. The van der Waals surface area contributed by atoms with Crippen LogP contribution in [0.4, 0.5) is 0 Å². The summed E-state index contributed by atoms with van der Waals surface area (Å²) < 4.78 is 0. The smallest absolute Gasteiger partial charge is 0.0853 e. The lowest BCUT2D eigenvalue weighted by Crippen LogP contribution is -2.89. The van der Waals surface area contributed by atoms with Gasteiger partial charge in [0, 0.05) is 0 Å². The number of nitrogens with two attached hydrogens (primary N) is 1. The molecule has 1 nitrogen and oxygen atoms in total. The van der Waals surface area contributed by atoms with E-state index in [0.29, 0.717) is 0 Å². The van der Waals surface area contributed by atoms with Gasteiger partial charge in [-0.1, -0.05) is 13.8 Å². The quantitative estimate of drug-likeness (QED) is 0.558. The van der Waals surface area contributed by atoms with Gasteiger partial charge >= 0.3 is 0 Å². The van der Waals surface area contributed by atoms with E-state index in [1.807, 2.05) is 0 Å². The van der Waals surface area contributed by atoms with E-state index in [1.165, 1.54) is 19.4 Å². The van der Waals surface area contributed by atoms with E-state index in [9.17, 15) is 0 Å². The molecule has 0 aromatic heterocycles. The molecule has 1 heteroatoms. The Balaban J connectivity index is 3.07. The lowest BCUT2D eigenvalue weighted by atomic mass is 10.2. The molecule has 0 aliphatic carbocycles. The van der Waals surface area contributed by atoms with Crippen molar-refractivity contribution < 1.29 is 5.32 Å². The fourth-order valence-electron chi connectivity index (χ4n) is 0.955. The summed E-state index contributed by atoms with van der Waals surface area (Å²) in [5.74, 6) is 0. The van der Waals surface area contributed by atoms with E-state index in [-0.39, 0.29) is 0 Å². The van der Waals surface area contributed by atoms with Crippen LogP contribution in [0.3, 0.4) is 0 Å². The minimum Gasteiger partial charge on any atom is -0.344 e. The van der Waals surface area contributed by atoms with E-state index in [1.54, 1.807) is 0 Å². The molecule has 0 aliphatic rings. The molecule has 0 unspecified atom stereocenters. The van der Waals surface area contributed by atoms with Crippen molar-refractivity contribution in [1.29, 1.82) is 0 Å². The summed E-state index contributed by atoms with van der Waals surface area (Å²) in [6.45, 7) is 7.94. The number of hydrogen-bond acceptors (Lipinski definition) is 0. The first-order valence-electron chi connectivity index (χ1n) is 3.68. The molecular formula is C7H18N+. The van der Waals surface area contributed by atoms with Gasteiger partial charge in [0.2, 0.25) is 0 Å². The molecule has 50 valence electrons. The predicted molar refractivity (Wildman–Crippen MR) is 36.8 cm³/mol. The molecule has 0 aromatic carbocycles. The highest BCUT2D eigenvalue weighted by Gasteiger charge is 2.01. The predicted octanol–water partition coefficient (Wildman–Crippen LogP) is 0.758. The molecule has 8 heavy (non-hydrogen) atoms. The zero-order valence-electron chi connectivity index (χ0n) is 6.28. The zero-order chi connectivity index (χ0) is 6.41. The average molecular weight is 116 g/mol. The lowest BCUT2D eigenvalue weighted by molar-refractivity contribution is -0.687. The Labute approximate surface area is 52.5 Å². The molecule has 0 rings (SSSR count). The van der Waals surface area contributed by atoms with Crippen molar-refractivity contribution >= 4 is 0 Å². The number of rotatable bonds is 4. The van der Waals surface area contributed by atoms with Crippen LogP contribution >= 0.6 is 0 Å². The van der Waals surface area contributed by atoms with Crippen LogP contribution in [0.2, 0.25) is 0 Å². The summed E-state index contributed by atoms with van der Waals surface area (Å²) in [6.07, 6.45) is 2.62. The van der Waals surface area contributed by atoms with Gasteiger partial charge in [0.05, 0.1) is 12.6 Å². The van der Waals surface area contributed by atoms with Crippen molar-refractivity contribution in [3.05, 3.63) is 0 Å². The maximum atomic E-state index is 2.40. The van der Waals surface area contributed by atoms with Crippen LogP contribution in [-0.4, -0.2) is 12.6 Å². The molecule has 0 aliphatic heterocycles. The minimum absolute atomic E-state index is 0.875. The van der Waals surface area contributed by atoms with Gasteiger partial charge in [-0.05, 0) is 19.8 Å². The second kappa shape index (κ2) is 5.10. The van der Waals surface area contributed by atoms with Crippen molar-refractivity contribution in [2.75, 3.05) is 6.54 Å². The van der Waals surface area contributed by atoms with Crippen LogP contribution in [0, 0.1) is 0 Å². The molecular weight excluding hydrogens is 98.1 g/mol.